The standard InChI is InChI=1S/C31H29BClN5O5/c1-18-36-37-31-27(15-29(40)34-16-23(39)10-4-19-3-5-21-17-43-32(41)26(21)13-19)35-30(20-6-8-22(33)9-7-20)25-14-24(42-2)11-12-28(25)38(18)31/h3,5-9,11-14,27,41H,4,10,15-17H2,1-2H3,(H,34,40)/t27-/m0/s1. The summed E-state index contributed by atoms with van der Waals surface area (Å²) >= 11 is 6.17. The van der Waals surface area contributed by atoms with Gasteiger partial charge in [-0.05, 0) is 60.3 Å². The molecular formula is C31H29BClN5O5. The maximum absolute atomic E-state index is 13.2. The maximum atomic E-state index is 13.2. The number of nitrogens with one attached hydrogen (secondary N) is 1. The molecule has 0 saturated carbocycles. The first-order valence-corrected chi connectivity index (χ1v) is 14.3. The van der Waals surface area contributed by atoms with Crippen LogP contribution in [-0.2, 0) is 27.3 Å². The number of hydrogen-bond acceptors (Lipinski definition) is 8. The van der Waals surface area contributed by atoms with Crippen LogP contribution in [0.4, 0.5) is 0 Å². The SMILES string of the molecule is COc1ccc2c(c1)C(c1ccc(Cl)cc1)=N[C@@H](CC(=O)NCC(=O)CCc1ccc3c(c1)B(O)OC3)c1nnc(C)n1-2. The lowest BCUT2D eigenvalue weighted by Gasteiger charge is -2.14. The zero-order chi connectivity index (χ0) is 30.1. The minimum absolute atomic E-state index is 0.0314. The summed E-state index contributed by atoms with van der Waals surface area (Å²) in [4.78, 5) is 30.9. The highest BCUT2D eigenvalue weighted by molar-refractivity contribution is 6.61. The number of ketones is 1. The minimum atomic E-state index is -0.929. The quantitative estimate of drug-likeness (QED) is 0.284. The molecule has 1 amide bonds. The van der Waals surface area contributed by atoms with Crippen molar-refractivity contribution in [3.8, 4) is 11.4 Å². The summed E-state index contributed by atoms with van der Waals surface area (Å²) in [5.41, 5.74) is 5.71. The van der Waals surface area contributed by atoms with Crippen molar-refractivity contribution in [2.24, 2.45) is 4.99 Å². The molecule has 2 aliphatic rings. The van der Waals surface area contributed by atoms with E-state index in [0.717, 1.165) is 33.4 Å². The summed E-state index contributed by atoms with van der Waals surface area (Å²) in [6.07, 6.45) is 0.718. The summed E-state index contributed by atoms with van der Waals surface area (Å²) in [5.74, 6) is 1.41. The predicted molar refractivity (Wildman–Crippen MR) is 162 cm³/mol. The Morgan fingerprint density at radius 2 is 1.95 bits per heavy atom. The number of aryl methyl sites for hydroxylation is 2. The van der Waals surface area contributed by atoms with Gasteiger partial charge in [0.2, 0.25) is 5.91 Å². The normalized spacial score (nSPS) is 15.2. The van der Waals surface area contributed by atoms with Crippen LogP contribution >= 0.6 is 11.6 Å². The van der Waals surface area contributed by atoms with Crippen LogP contribution in [0.3, 0.4) is 0 Å². The van der Waals surface area contributed by atoms with E-state index in [4.69, 9.17) is 26.0 Å². The molecule has 218 valence electrons. The summed E-state index contributed by atoms with van der Waals surface area (Å²) in [6, 6.07) is 18.1. The molecule has 6 rings (SSSR count). The first-order valence-electron chi connectivity index (χ1n) is 13.9. The number of carbonyl (C=O) groups is 2. The zero-order valence-electron chi connectivity index (χ0n) is 23.7. The lowest BCUT2D eigenvalue weighted by Crippen LogP contribution is -2.31. The molecule has 3 aromatic carbocycles. The van der Waals surface area contributed by atoms with E-state index in [1.54, 1.807) is 19.2 Å². The van der Waals surface area contributed by atoms with Crippen LogP contribution in [0.5, 0.6) is 5.75 Å². The van der Waals surface area contributed by atoms with E-state index < -0.39 is 13.2 Å². The number of rotatable bonds is 9. The Morgan fingerprint density at radius 1 is 1.14 bits per heavy atom. The molecule has 0 unspecified atom stereocenters. The molecule has 43 heavy (non-hydrogen) atoms. The molecule has 1 aromatic heterocycles. The van der Waals surface area contributed by atoms with Crippen molar-refractivity contribution < 1.29 is 24.0 Å². The van der Waals surface area contributed by atoms with Crippen LogP contribution in [0.15, 0.2) is 65.7 Å². The molecule has 4 aromatic rings. The zero-order valence-corrected chi connectivity index (χ0v) is 24.5. The monoisotopic (exact) mass is 597 g/mol. The molecular weight excluding hydrogens is 569 g/mol. The van der Waals surface area contributed by atoms with Gasteiger partial charge in [0.15, 0.2) is 11.6 Å². The fraction of sp³-hybridized carbons (Fsp3) is 0.258. The number of halogens is 1. The van der Waals surface area contributed by atoms with Crippen molar-refractivity contribution in [2.75, 3.05) is 13.7 Å². The Labute approximate surface area is 253 Å². The third-order valence-electron chi connectivity index (χ3n) is 7.68. The Bertz CT molecular complexity index is 1740. The van der Waals surface area contributed by atoms with Crippen molar-refractivity contribution >= 4 is 41.6 Å². The first-order chi connectivity index (χ1) is 20.8. The Balaban J connectivity index is 1.20. The second-order valence-corrected chi connectivity index (χ2v) is 11.0. The van der Waals surface area contributed by atoms with Crippen LogP contribution < -0.4 is 15.5 Å². The van der Waals surface area contributed by atoms with Gasteiger partial charge in [-0.3, -0.25) is 19.1 Å². The molecule has 12 heteroatoms. The van der Waals surface area contributed by atoms with E-state index in [-0.39, 0.29) is 31.1 Å². The van der Waals surface area contributed by atoms with Gasteiger partial charge in [0, 0.05) is 22.6 Å². The highest BCUT2D eigenvalue weighted by Crippen LogP contribution is 2.34. The van der Waals surface area contributed by atoms with E-state index in [1.807, 2.05) is 60.0 Å². The maximum Gasteiger partial charge on any atom is 0.491 e. The van der Waals surface area contributed by atoms with Gasteiger partial charge >= 0.3 is 7.12 Å². The molecule has 3 heterocycles. The number of aliphatic imine (C=N–C) groups is 1. The largest absolute Gasteiger partial charge is 0.497 e. The number of nitrogens with zero attached hydrogens (tertiary/aromatic N) is 4. The lowest BCUT2D eigenvalue weighted by molar-refractivity contribution is -0.125. The Kier molecular flexibility index (Phi) is 8.11. The molecule has 0 saturated heterocycles. The predicted octanol–water partition coefficient (Wildman–Crippen LogP) is 3.06. The molecule has 10 nitrogen and oxygen atoms in total. The molecule has 2 aliphatic heterocycles. The van der Waals surface area contributed by atoms with Gasteiger partial charge in [-0.25, -0.2) is 0 Å². The molecule has 2 N–H and O–H groups in total. The minimum Gasteiger partial charge on any atom is -0.497 e. The van der Waals surface area contributed by atoms with Crippen LogP contribution in [0, 0.1) is 6.92 Å². The average molecular weight is 598 g/mol. The van der Waals surface area contributed by atoms with Gasteiger partial charge in [0.1, 0.15) is 17.6 Å². The second-order valence-electron chi connectivity index (χ2n) is 10.5. The molecule has 0 spiro atoms. The summed E-state index contributed by atoms with van der Waals surface area (Å²) < 4.78 is 12.7. The van der Waals surface area contributed by atoms with Crippen LogP contribution in [-0.4, -0.2) is 58.0 Å². The number of amides is 1. The number of fused-ring (bicyclic) bond motifs is 4. The molecule has 0 aliphatic carbocycles. The molecule has 0 bridgehead atoms. The topological polar surface area (TPSA) is 128 Å². The summed E-state index contributed by atoms with van der Waals surface area (Å²) in [6.45, 7) is 2.13. The van der Waals surface area contributed by atoms with Crippen molar-refractivity contribution in [2.45, 2.75) is 38.8 Å². The van der Waals surface area contributed by atoms with Gasteiger partial charge in [0.25, 0.3) is 0 Å². The van der Waals surface area contributed by atoms with Crippen LogP contribution in [0.25, 0.3) is 5.69 Å². The number of aromatic nitrogens is 3. The van der Waals surface area contributed by atoms with E-state index in [9.17, 15) is 14.6 Å². The van der Waals surface area contributed by atoms with Gasteiger partial charge in [0.05, 0.1) is 38.1 Å². The summed E-state index contributed by atoms with van der Waals surface area (Å²) in [7, 11) is 0.674. The highest BCUT2D eigenvalue weighted by Gasteiger charge is 2.30. The Morgan fingerprint density at radius 3 is 2.74 bits per heavy atom. The lowest BCUT2D eigenvalue weighted by atomic mass is 9.78. The third-order valence-corrected chi connectivity index (χ3v) is 7.93. The fourth-order valence-electron chi connectivity index (χ4n) is 5.41. The number of carbonyl (C=O) groups excluding carboxylic acids is 2. The number of hydrogen-bond donors (Lipinski definition) is 2. The number of benzene rings is 3. The number of ether oxygens (including phenoxy) is 1. The molecule has 0 radical (unpaired) electrons. The van der Waals surface area contributed by atoms with Crippen molar-refractivity contribution in [3.05, 3.63) is 99.6 Å². The third kappa shape index (κ3) is 5.97. The highest BCUT2D eigenvalue weighted by atomic mass is 35.5. The Hall–Kier alpha value is -4.32. The smallest absolute Gasteiger partial charge is 0.491 e. The fourth-order valence-corrected chi connectivity index (χ4v) is 5.54. The van der Waals surface area contributed by atoms with Crippen LogP contribution in [0.2, 0.25) is 5.02 Å². The van der Waals surface area contributed by atoms with Gasteiger partial charge in [-0.2, -0.15) is 0 Å². The van der Waals surface area contributed by atoms with E-state index >= 15 is 0 Å². The van der Waals surface area contributed by atoms with Crippen LogP contribution in [0.1, 0.15) is 52.8 Å². The van der Waals surface area contributed by atoms with E-state index in [2.05, 4.69) is 15.5 Å². The van der Waals surface area contributed by atoms with Crippen molar-refractivity contribution in [1.82, 2.24) is 20.1 Å². The van der Waals surface area contributed by atoms with Gasteiger partial charge < -0.3 is 19.7 Å². The second kappa shape index (κ2) is 12.1. The van der Waals surface area contributed by atoms with Crippen molar-refractivity contribution in [3.63, 3.8) is 0 Å². The van der Waals surface area contributed by atoms with E-state index in [0.29, 0.717) is 41.2 Å². The summed E-state index contributed by atoms with van der Waals surface area (Å²) in [5, 5.41) is 22.0. The molecule has 0 fully saturated rings. The van der Waals surface area contributed by atoms with Gasteiger partial charge in [-0.1, -0.05) is 41.9 Å². The molecule has 1 atom stereocenters. The number of Topliss-reactive ketones (excluding diaryl/α,β-unsaturated/α-hetero) is 1. The van der Waals surface area contributed by atoms with E-state index in [1.165, 1.54) is 0 Å². The van der Waals surface area contributed by atoms with Crippen molar-refractivity contribution in [1.29, 1.82) is 0 Å². The average Bonchev–Trinajstić information content (AvgIpc) is 3.55. The number of methoxy groups -OCH3 is 1. The first kappa shape index (κ1) is 28.8. The van der Waals surface area contributed by atoms with Gasteiger partial charge in [-0.15, -0.1) is 10.2 Å².